The molecule has 0 aliphatic carbocycles. The molecule has 1 atom stereocenters. The van der Waals surface area contributed by atoms with E-state index < -0.39 is 0 Å². The van der Waals surface area contributed by atoms with Crippen LogP contribution in [0.2, 0.25) is 0 Å². The molecule has 0 aliphatic rings. The number of hydrogen-bond donors (Lipinski definition) is 1. The van der Waals surface area contributed by atoms with Crippen LogP contribution in [0.4, 0.5) is 0 Å². The Morgan fingerprint density at radius 1 is 1.05 bits per heavy atom. The minimum absolute atomic E-state index is 0.192. The van der Waals surface area contributed by atoms with Crippen LogP contribution in [0.25, 0.3) is 0 Å². The fourth-order valence-electron chi connectivity index (χ4n) is 2.37. The van der Waals surface area contributed by atoms with Gasteiger partial charge in [0.05, 0.1) is 0 Å². The van der Waals surface area contributed by atoms with E-state index in [1.807, 2.05) is 0 Å². The first-order chi connectivity index (χ1) is 9.42. The van der Waals surface area contributed by atoms with Crippen molar-refractivity contribution in [2.24, 2.45) is 0 Å². The van der Waals surface area contributed by atoms with Crippen molar-refractivity contribution in [3.05, 3.63) is 34.3 Å². The van der Waals surface area contributed by atoms with E-state index in [-0.39, 0.29) is 5.54 Å². The molecule has 0 heterocycles. The van der Waals surface area contributed by atoms with Crippen molar-refractivity contribution in [3.63, 3.8) is 0 Å². The van der Waals surface area contributed by atoms with E-state index in [1.54, 1.807) is 0 Å². The second-order valence-electron chi connectivity index (χ2n) is 6.73. The van der Waals surface area contributed by atoms with Gasteiger partial charge in [0, 0.05) is 16.6 Å². The van der Waals surface area contributed by atoms with Crippen LogP contribution in [-0.2, 0) is 0 Å². The summed E-state index contributed by atoms with van der Waals surface area (Å²) < 4.78 is 1.16. The first-order valence-electron chi connectivity index (χ1n) is 7.93. The van der Waals surface area contributed by atoms with Crippen LogP contribution in [-0.4, -0.2) is 12.1 Å². The highest BCUT2D eigenvalue weighted by Gasteiger charge is 2.15. The van der Waals surface area contributed by atoms with Crippen molar-refractivity contribution in [3.8, 4) is 0 Å². The van der Waals surface area contributed by atoms with Crippen molar-refractivity contribution in [2.75, 3.05) is 6.54 Å². The van der Waals surface area contributed by atoms with Crippen LogP contribution >= 0.6 is 15.9 Å². The number of rotatable bonds is 8. The number of nitrogens with one attached hydrogen (secondary N) is 1. The predicted octanol–water partition coefficient (Wildman–Crippen LogP) is 5.89. The number of benzene rings is 1. The summed E-state index contributed by atoms with van der Waals surface area (Å²) in [6.45, 7) is 10.1. The highest BCUT2D eigenvalue weighted by Crippen LogP contribution is 2.24. The topological polar surface area (TPSA) is 12.0 Å². The van der Waals surface area contributed by atoms with Gasteiger partial charge < -0.3 is 5.32 Å². The largest absolute Gasteiger partial charge is 0.311 e. The van der Waals surface area contributed by atoms with E-state index in [0.29, 0.717) is 5.92 Å². The summed E-state index contributed by atoms with van der Waals surface area (Å²) in [5, 5.41) is 3.66. The minimum atomic E-state index is 0.192. The third-order valence-electron chi connectivity index (χ3n) is 3.63. The Balaban J connectivity index is 2.60. The summed E-state index contributed by atoms with van der Waals surface area (Å²) in [5.41, 5.74) is 1.65. The highest BCUT2D eigenvalue weighted by atomic mass is 79.9. The molecule has 0 saturated heterocycles. The van der Waals surface area contributed by atoms with Crippen LogP contribution < -0.4 is 5.32 Å². The molecular weight excluding hydrogens is 310 g/mol. The molecule has 0 spiro atoms. The molecule has 1 aromatic rings. The summed E-state index contributed by atoms with van der Waals surface area (Å²) in [4.78, 5) is 0. The second-order valence-corrected chi connectivity index (χ2v) is 7.64. The Morgan fingerprint density at radius 2 is 1.70 bits per heavy atom. The standard InChI is InChI=1S/C18H30BrN/c1-5-6-7-8-9-16(14-20-18(2,3)4)15-10-12-17(19)13-11-15/h10-13,16,20H,5-9,14H2,1-4H3. The van der Waals surface area contributed by atoms with Crippen LogP contribution in [0.1, 0.15) is 71.3 Å². The van der Waals surface area contributed by atoms with E-state index in [4.69, 9.17) is 0 Å². The summed E-state index contributed by atoms with van der Waals surface area (Å²) in [7, 11) is 0. The average Bonchev–Trinajstić information content (AvgIpc) is 2.38. The Kier molecular flexibility index (Phi) is 7.83. The second kappa shape index (κ2) is 8.84. The zero-order chi connectivity index (χ0) is 15.0. The van der Waals surface area contributed by atoms with Gasteiger partial charge in [-0.2, -0.15) is 0 Å². The van der Waals surface area contributed by atoms with Crippen molar-refractivity contribution < 1.29 is 0 Å². The molecule has 20 heavy (non-hydrogen) atoms. The maximum atomic E-state index is 3.66. The smallest absolute Gasteiger partial charge is 0.0175 e. The lowest BCUT2D eigenvalue weighted by atomic mass is 9.92. The summed E-state index contributed by atoms with van der Waals surface area (Å²) in [5.74, 6) is 0.624. The molecule has 0 radical (unpaired) electrons. The summed E-state index contributed by atoms with van der Waals surface area (Å²) >= 11 is 3.52. The molecule has 114 valence electrons. The SMILES string of the molecule is CCCCCCC(CNC(C)(C)C)c1ccc(Br)cc1. The number of unbranched alkanes of at least 4 members (excludes halogenated alkanes) is 3. The highest BCUT2D eigenvalue weighted by molar-refractivity contribution is 9.10. The van der Waals surface area contributed by atoms with E-state index in [1.165, 1.54) is 37.7 Å². The quantitative estimate of drug-likeness (QED) is 0.582. The Labute approximate surface area is 133 Å². The van der Waals surface area contributed by atoms with Crippen molar-refractivity contribution in [2.45, 2.75) is 71.3 Å². The van der Waals surface area contributed by atoms with Crippen LogP contribution in [0, 0.1) is 0 Å². The molecule has 1 aromatic carbocycles. The van der Waals surface area contributed by atoms with Crippen molar-refractivity contribution in [1.29, 1.82) is 0 Å². The predicted molar refractivity (Wildman–Crippen MR) is 93.4 cm³/mol. The molecule has 1 nitrogen and oxygen atoms in total. The fraction of sp³-hybridized carbons (Fsp3) is 0.667. The Hall–Kier alpha value is -0.340. The minimum Gasteiger partial charge on any atom is -0.311 e. The molecule has 0 fully saturated rings. The van der Waals surface area contributed by atoms with Crippen molar-refractivity contribution in [1.82, 2.24) is 5.32 Å². The van der Waals surface area contributed by atoms with E-state index in [9.17, 15) is 0 Å². The Bertz CT molecular complexity index is 364. The lowest BCUT2D eigenvalue weighted by Gasteiger charge is -2.26. The molecule has 0 saturated carbocycles. The van der Waals surface area contributed by atoms with Crippen LogP contribution in [0.3, 0.4) is 0 Å². The average molecular weight is 340 g/mol. The molecule has 1 rings (SSSR count). The summed E-state index contributed by atoms with van der Waals surface area (Å²) in [6, 6.07) is 8.84. The van der Waals surface area contributed by atoms with Gasteiger partial charge in [-0.3, -0.25) is 0 Å². The molecule has 1 N–H and O–H groups in total. The van der Waals surface area contributed by atoms with E-state index in [2.05, 4.69) is 73.2 Å². The van der Waals surface area contributed by atoms with Gasteiger partial charge in [-0.15, -0.1) is 0 Å². The third kappa shape index (κ3) is 7.44. The number of hydrogen-bond acceptors (Lipinski definition) is 1. The van der Waals surface area contributed by atoms with Gasteiger partial charge in [-0.25, -0.2) is 0 Å². The molecule has 0 bridgehead atoms. The molecule has 2 heteroatoms. The molecule has 0 aromatic heterocycles. The molecule has 0 aliphatic heterocycles. The lowest BCUT2D eigenvalue weighted by Crippen LogP contribution is -2.38. The zero-order valence-corrected chi connectivity index (χ0v) is 15.1. The first-order valence-corrected chi connectivity index (χ1v) is 8.72. The normalized spacial score (nSPS) is 13.4. The van der Waals surface area contributed by atoms with E-state index in [0.717, 1.165) is 11.0 Å². The first kappa shape index (κ1) is 17.7. The van der Waals surface area contributed by atoms with Crippen LogP contribution in [0.15, 0.2) is 28.7 Å². The fourth-order valence-corrected chi connectivity index (χ4v) is 2.63. The maximum absolute atomic E-state index is 3.66. The van der Waals surface area contributed by atoms with Gasteiger partial charge in [0.1, 0.15) is 0 Å². The lowest BCUT2D eigenvalue weighted by molar-refractivity contribution is 0.394. The van der Waals surface area contributed by atoms with Crippen molar-refractivity contribution >= 4 is 15.9 Å². The van der Waals surface area contributed by atoms with Gasteiger partial charge in [-0.1, -0.05) is 60.7 Å². The third-order valence-corrected chi connectivity index (χ3v) is 4.16. The maximum Gasteiger partial charge on any atom is 0.0175 e. The molecular formula is C18H30BrN. The Morgan fingerprint density at radius 3 is 2.25 bits per heavy atom. The zero-order valence-electron chi connectivity index (χ0n) is 13.5. The van der Waals surface area contributed by atoms with Gasteiger partial charge in [0.25, 0.3) is 0 Å². The van der Waals surface area contributed by atoms with Gasteiger partial charge in [0.2, 0.25) is 0 Å². The van der Waals surface area contributed by atoms with Gasteiger partial charge >= 0.3 is 0 Å². The van der Waals surface area contributed by atoms with Gasteiger partial charge in [-0.05, 0) is 50.8 Å². The van der Waals surface area contributed by atoms with Gasteiger partial charge in [0.15, 0.2) is 0 Å². The number of halogens is 1. The molecule has 1 unspecified atom stereocenters. The van der Waals surface area contributed by atoms with Crippen LogP contribution in [0.5, 0.6) is 0 Å². The van der Waals surface area contributed by atoms with E-state index >= 15 is 0 Å². The monoisotopic (exact) mass is 339 g/mol. The summed E-state index contributed by atoms with van der Waals surface area (Å²) in [6.07, 6.45) is 6.65. The molecule has 0 amide bonds.